The normalized spacial score (nSPS) is 17.5. The van der Waals surface area contributed by atoms with E-state index in [9.17, 15) is 0 Å². The first kappa shape index (κ1) is 12.0. The van der Waals surface area contributed by atoms with Crippen LogP contribution in [0.15, 0.2) is 12.1 Å². The largest absolute Gasteiger partial charge is 0.123 e. The lowest BCUT2D eigenvalue weighted by Crippen LogP contribution is -2.04. The zero-order valence-corrected chi connectivity index (χ0v) is 11.3. The van der Waals surface area contributed by atoms with Crippen LogP contribution in [0.1, 0.15) is 41.5 Å². The molecule has 0 heterocycles. The van der Waals surface area contributed by atoms with Crippen molar-refractivity contribution < 1.29 is 0 Å². The lowest BCUT2D eigenvalue weighted by Gasteiger charge is -2.12. The maximum Gasteiger partial charge on any atom is 0.0367 e. The first-order valence-corrected chi connectivity index (χ1v) is 6.72. The predicted octanol–water partition coefficient (Wildman–Crippen LogP) is 4.56. The van der Waals surface area contributed by atoms with Gasteiger partial charge in [-0.25, -0.2) is 0 Å². The van der Waals surface area contributed by atoms with Gasteiger partial charge in [0.2, 0.25) is 0 Å². The lowest BCUT2D eigenvalue weighted by atomic mass is 9.96. The molecule has 0 aliphatic heterocycles. The molecule has 0 nitrogen and oxygen atoms in total. The van der Waals surface area contributed by atoms with Gasteiger partial charge in [-0.1, -0.05) is 12.1 Å². The molecule has 88 valence electrons. The molecule has 1 aliphatic carbocycles. The molecular formula is C15H21Cl. The van der Waals surface area contributed by atoms with Gasteiger partial charge in [-0.05, 0) is 74.6 Å². The topological polar surface area (TPSA) is 0 Å². The highest BCUT2D eigenvalue weighted by Crippen LogP contribution is 2.37. The van der Waals surface area contributed by atoms with Crippen molar-refractivity contribution in [2.24, 2.45) is 5.92 Å². The van der Waals surface area contributed by atoms with Gasteiger partial charge in [0.25, 0.3) is 0 Å². The SMILES string of the molecule is Cc1cc(C)c(CCC(Cl)C2CC2)cc1C. The van der Waals surface area contributed by atoms with Gasteiger partial charge in [-0.15, -0.1) is 11.6 Å². The summed E-state index contributed by atoms with van der Waals surface area (Å²) in [5.41, 5.74) is 5.70. The van der Waals surface area contributed by atoms with Crippen molar-refractivity contribution in [2.45, 2.75) is 51.8 Å². The summed E-state index contributed by atoms with van der Waals surface area (Å²) in [6.45, 7) is 6.58. The van der Waals surface area contributed by atoms with E-state index in [0.29, 0.717) is 5.38 Å². The summed E-state index contributed by atoms with van der Waals surface area (Å²) in [7, 11) is 0. The highest BCUT2D eigenvalue weighted by atomic mass is 35.5. The van der Waals surface area contributed by atoms with Crippen molar-refractivity contribution in [1.82, 2.24) is 0 Å². The summed E-state index contributed by atoms with van der Waals surface area (Å²) < 4.78 is 0. The van der Waals surface area contributed by atoms with Crippen LogP contribution in [0.4, 0.5) is 0 Å². The van der Waals surface area contributed by atoms with E-state index in [1.165, 1.54) is 35.1 Å². The third-order valence-electron chi connectivity index (χ3n) is 3.78. The van der Waals surface area contributed by atoms with Crippen LogP contribution in [0.5, 0.6) is 0 Å². The molecule has 2 rings (SSSR count). The number of hydrogen-bond donors (Lipinski definition) is 0. The monoisotopic (exact) mass is 236 g/mol. The average molecular weight is 237 g/mol. The minimum absolute atomic E-state index is 0.404. The van der Waals surface area contributed by atoms with Crippen LogP contribution in [0, 0.1) is 26.7 Å². The molecule has 1 saturated carbocycles. The van der Waals surface area contributed by atoms with Crippen LogP contribution < -0.4 is 0 Å². The zero-order valence-electron chi connectivity index (χ0n) is 10.5. The van der Waals surface area contributed by atoms with Crippen molar-refractivity contribution in [1.29, 1.82) is 0 Å². The van der Waals surface area contributed by atoms with E-state index in [4.69, 9.17) is 11.6 Å². The molecule has 0 saturated heterocycles. The highest BCUT2D eigenvalue weighted by molar-refractivity contribution is 6.20. The van der Waals surface area contributed by atoms with Gasteiger partial charge < -0.3 is 0 Å². The quantitative estimate of drug-likeness (QED) is 0.673. The first-order valence-electron chi connectivity index (χ1n) is 6.28. The third-order valence-corrected chi connectivity index (χ3v) is 4.35. The number of aryl methyl sites for hydroxylation is 4. The summed E-state index contributed by atoms with van der Waals surface area (Å²) in [4.78, 5) is 0. The third kappa shape index (κ3) is 2.79. The Balaban J connectivity index is 2.00. The summed E-state index contributed by atoms with van der Waals surface area (Å²) in [6, 6.07) is 4.63. The lowest BCUT2D eigenvalue weighted by molar-refractivity contribution is 0.675. The van der Waals surface area contributed by atoms with Crippen molar-refractivity contribution in [3.8, 4) is 0 Å². The van der Waals surface area contributed by atoms with Crippen LogP contribution in [-0.4, -0.2) is 5.38 Å². The van der Waals surface area contributed by atoms with E-state index in [0.717, 1.165) is 18.8 Å². The second-order valence-electron chi connectivity index (χ2n) is 5.26. The van der Waals surface area contributed by atoms with Gasteiger partial charge in [-0.2, -0.15) is 0 Å². The Kier molecular flexibility index (Phi) is 3.59. The molecule has 1 aromatic carbocycles. The minimum Gasteiger partial charge on any atom is -0.123 e. The van der Waals surface area contributed by atoms with E-state index < -0.39 is 0 Å². The van der Waals surface area contributed by atoms with E-state index in [2.05, 4.69) is 32.9 Å². The zero-order chi connectivity index (χ0) is 11.7. The molecule has 0 radical (unpaired) electrons. The van der Waals surface area contributed by atoms with Crippen molar-refractivity contribution >= 4 is 11.6 Å². The molecule has 0 aromatic heterocycles. The van der Waals surface area contributed by atoms with Gasteiger partial charge in [-0.3, -0.25) is 0 Å². The molecule has 16 heavy (non-hydrogen) atoms. The molecule has 1 unspecified atom stereocenters. The number of halogens is 1. The van der Waals surface area contributed by atoms with Gasteiger partial charge in [0.1, 0.15) is 0 Å². The first-order chi connectivity index (χ1) is 7.58. The number of benzene rings is 1. The molecule has 0 spiro atoms. The number of rotatable bonds is 4. The fraction of sp³-hybridized carbons (Fsp3) is 0.600. The fourth-order valence-corrected chi connectivity index (χ4v) is 2.64. The second kappa shape index (κ2) is 4.79. The standard InChI is InChI=1S/C15H21Cl/c1-10-8-12(3)14(9-11(10)2)6-7-15(16)13-4-5-13/h8-9,13,15H,4-7H2,1-3H3. The summed E-state index contributed by atoms with van der Waals surface area (Å²) >= 11 is 6.35. The fourth-order valence-electron chi connectivity index (χ4n) is 2.28. The smallest absolute Gasteiger partial charge is 0.0367 e. The molecule has 1 aromatic rings. The summed E-state index contributed by atoms with van der Waals surface area (Å²) in [6.07, 6.45) is 4.97. The van der Waals surface area contributed by atoms with Gasteiger partial charge in [0.05, 0.1) is 0 Å². The Morgan fingerprint density at radius 3 is 2.38 bits per heavy atom. The van der Waals surface area contributed by atoms with Crippen LogP contribution in [-0.2, 0) is 6.42 Å². The van der Waals surface area contributed by atoms with Crippen molar-refractivity contribution in [2.75, 3.05) is 0 Å². The van der Waals surface area contributed by atoms with Crippen LogP contribution in [0.2, 0.25) is 0 Å². The maximum absolute atomic E-state index is 6.35. The number of alkyl halides is 1. The molecule has 0 bridgehead atoms. The Hall–Kier alpha value is -0.490. The molecular weight excluding hydrogens is 216 g/mol. The average Bonchev–Trinajstić information content (AvgIpc) is 3.04. The van der Waals surface area contributed by atoms with Crippen LogP contribution in [0.25, 0.3) is 0 Å². The highest BCUT2D eigenvalue weighted by Gasteiger charge is 2.29. The second-order valence-corrected chi connectivity index (χ2v) is 5.82. The number of hydrogen-bond acceptors (Lipinski definition) is 0. The van der Waals surface area contributed by atoms with Crippen molar-refractivity contribution in [3.05, 3.63) is 34.4 Å². The predicted molar refractivity (Wildman–Crippen MR) is 71.3 cm³/mol. The van der Waals surface area contributed by atoms with Crippen molar-refractivity contribution in [3.63, 3.8) is 0 Å². The Morgan fingerprint density at radius 2 is 1.75 bits per heavy atom. The molecule has 1 heteroatoms. The Labute approximate surface area is 104 Å². The van der Waals surface area contributed by atoms with E-state index in [-0.39, 0.29) is 0 Å². The summed E-state index contributed by atoms with van der Waals surface area (Å²) in [5, 5.41) is 0.404. The molecule has 0 N–H and O–H groups in total. The molecule has 0 amide bonds. The molecule has 1 fully saturated rings. The Morgan fingerprint density at radius 1 is 1.12 bits per heavy atom. The molecule has 1 aliphatic rings. The van der Waals surface area contributed by atoms with E-state index in [1.807, 2.05) is 0 Å². The maximum atomic E-state index is 6.35. The van der Waals surface area contributed by atoms with Gasteiger partial charge >= 0.3 is 0 Å². The van der Waals surface area contributed by atoms with E-state index >= 15 is 0 Å². The minimum atomic E-state index is 0.404. The van der Waals surface area contributed by atoms with Gasteiger partial charge in [0.15, 0.2) is 0 Å². The van der Waals surface area contributed by atoms with Crippen LogP contribution in [0.3, 0.4) is 0 Å². The Bertz CT molecular complexity index is 377. The van der Waals surface area contributed by atoms with E-state index in [1.54, 1.807) is 0 Å². The molecule has 1 atom stereocenters. The summed E-state index contributed by atoms with van der Waals surface area (Å²) in [5.74, 6) is 0.813. The van der Waals surface area contributed by atoms with Gasteiger partial charge in [0, 0.05) is 5.38 Å². The van der Waals surface area contributed by atoms with Crippen LogP contribution >= 0.6 is 11.6 Å².